The molecule has 2 nitrogen and oxygen atoms in total. The number of halogens is 1. The highest BCUT2D eigenvalue weighted by Crippen LogP contribution is 2.29. The Balaban J connectivity index is 2.01. The molecular formula is C11H14BrNO. The van der Waals surface area contributed by atoms with Crippen molar-refractivity contribution in [1.29, 1.82) is 0 Å². The molecule has 0 bridgehead atoms. The van der Waals surface area contributed by atoms with E-state index in [1.165, 1.54) is 19.3 Å². The zero-order chi connectivity index (χ0) is 9.97. The van der Waals surface area contributed by atoms with Gasteiger partial charge in [-0.25, -0.2) is 0 Å². The van der Waals surface area contributed by atoms with Crippen LogP contribution in [0.2, 0.25) is 0 Å². The Bertz CT molecular complexity index is 368. The van der Waals surface area contributed by atoms with Gasteiger partial charge in [0, 0.05) is 12.7 Å². The number of hydrogen-bond acceptors (Lipinski definition) is 1. The van der Waals surface area contributed by atoms with E-state index in [1.54, 1.807) is 10.6 Å². The lowest BCUT2D eigenvalue weighted by molar-refractivity contribution is 0.281. The molecule has 1 aromatic heterocycles. The van der Waals surface area contributed by atoms with E-state index in [9.17, 15) is 4.79 Å². The van der Waals surface area contributed by atoms with Gasteiger partial charge in [-0.2, -0.15) is 0 Å². The predicted octanol–water partition coefficient (Wildman–Crippen LogP) is 2.80. The molecule has 14 heavy (non-hydrogen) atoms. The van der Waals surface area contributed by atoms with Crippen molar-refractivity contribution in [3.05, 3.63) is 33.2 Å². The van der Waals surface area contributed by atoms with Crippen LogP contribution in [0.3, 0.4) is 0 Å². The maximum absolute atomic E-state index is 11.6. The molecule has 0 radical (unpaired) electrons. The molecule has 0 N–H and O–H groups in total. The van der Waals surface area contributed by atoms with Crippen LogP contribution in [0.15, 0.2) is 27.6 Å². The normalized spacial score (nSPS) is 16.6. The quantitative estimate of drug-likeness (QED) is 0.815. The zero-order valence-electron chi connectivity index (χ0n) is 8.08. The summed E-state index contributed by atoms with van der Waals surface area (Å²) in [6.45, 7) is 0.864. The van der Waals surface area contributed by atoms with Crippen LogP contribution in [0.1, 0.15) is 25.7 Å². The third kappa shape index (κ3) is 2.08. The highest BCUT2D eigenvalue weighted by atomic mass is 79.9. The molecule has 1 aliphatic rings. The van der Waals surface area contributed by atoms with Crippen LogP contribution in [0.4, 0.5) is 0 Å². The molecule has 0 aromatic carbocycles. The fraction of sp³-hybridized carbons (Fsp3) is 0.545. The molecule has 1 aromatic rings. The molecule has 3 heteroatoms. The minimum atomic E-state index is 0.0897. The van der Waals surface area contributed by atoms with Crippen molar-refractivity contribution in [2.75, 3.05) is 0 Å². The van der Waals surface area contributed by atoms with Crippen molar-refractivity contribution in [3.63, 3.8) is 0 Å². The first kappa shape index (κ1) is 9.97. The second-order valence-electron chi connectivity index (χ2n) is 3.94. The molecule has 1 aliphatic carbocycles. The highest BCUT2D eigenvalue weighted by molar-refractivity contribution is 9.10. The van der Waals surface area contributed by atoms with E-state index in [0.29, 0.717) is 4.47 Å². The lowest BCUT2D eigenvalue weighted by Gasteiger charge is -2.25. The van der Waals surface area contributed by atoms with Gasteiger partial charge < -0.3 is 4.57 Å². The maximum Gasteiger partial charge on any atom is 0.264 e. The van der Waals surface area contributed by atoms with Crippen LogP contribution >= 0.6 is 15.9 Å². The summed E-state index contributed by atoms with van der Waals surface area (Å²) in [5, 5.41) is 0. The second-order valence-corrected chi connectivity index (χ2v) is 4.79. The van der Waals surface area contributed by atoms with Crippen LogP contribution in [0, 0.1) is 5.92 Å². The van der Waals surface area contributed by atoms with Crippen LogP contribution in [0.25, 0.3) is 0 Å². The SMILES string of the molecule is O=c1c(Br)cccn1CCC1CCC1. The van der Waals surface area contributed by atoms with Gasteiger partial charge in [0.2, 0.25) is 0 Å². The van der Waals surface area contributed by atoms with Gasteiger partial charge in [0.05, 0.1) is 4.47 Å². The second kappa shape index (κ2) is 4.30. The fourth-order valence-corrected chi connectivity index (χ4v) is 2.17. The van der Waals surface area contributed by atoms with E-state index < -0.39 is 0 Å². The average Bonchev–Trinajstić information content (AvgIpc) is 2.09. The van der Waals surface area contributed by atoms with Crippen molar-refractivity contribution in [3.8, 4) is 0 Å². The third-order valence-electron chi connectivity index (χ3n) is 2.98. The molecule has 1 fully saturated rings. The summed E-state index contributed by atoms with van der Waals surface area (Å²) in [5.41, 5.74) is 0.0897. The number of aromatic nitrogens is 1. The van der Waals surface area contributed by atoms with Crippen molar-refractivity contribution >= 4 is 15.9 Å². The lowest BCUT2D eigenvalue weighted by Crippen LogP contribution is -2.22. The van der Waals surface area contributed by atoms with Gasteiger partial charge in [-0.3, -0.25) is 4.79 Å². The topological polar surface area (TPSA) is 22.0 Å². The summed E-state index contributed by atoms with van der Waals surface area (Å²) in [4.78, 5) is 11.6. The summed E-state index contributed by atoms with van der Waals surface area (Å²) in [7, 11) is 0. The van der Waals surface area contributed by atoms with Crippen molar-refractivity contribution in [1.82, 2.24) is 4.57 Å². The van der Waals surface area contributed by atoms with Crippen LogP contribution < -0.4 is 5.56 Å². The van der Waals surface area contributed by atoms with E-state index in [4.69, 9.17) is 0 Å². The van der Waals surface area contributed by atoms with Crippen LogP contribution in [-0.4, -0.2) is 4.57 Å². The van der Waals surface area contributed by atoms with E-state index in [0.717, 1.165) is 18.9 Å². The standard InChI is InChI=1S/C11H14BrNO/c12-10-5-2-7-13(11(10)14)8-6-9-3-1-4-9/h2,5,7,9H,1,3-4,6,8H2. The minimum Gasteiger partial charge on any atom is -0.315 e. The maximum atomic E-state index is 11.6. The fourth-order valence-electron chi connectivity index (χ4n) is 1.79. The number of pyridine rings is 1. The molecule has 2 rings (SSSR count). The highest BCUT2D eigenvalue weighted by Gasteiger charge is 2.16. The Morgan fingerprint density at radius 1 is 1.50 bits per heavy atom. The molecule has 0 atom stereocenters. The summed E-state index contributed by atoms with van der Waals surface area (Å²) >= 11 is 3.25. The van der Waals surface area contributed by atoms with Gasteiger partial charge >= 0.3 is 0 Å². The van der Waals surface area contributed by atoms with Gasteiger partial charge in [0.1, 0.15) is 0 Å². The smallest absolute Gasteiger partial charge is 0.264 e. The molecule has 0 aliphatic heterocycles. The van der Waals surface area contributed by atoms with Crippen LogP contribution in [0.5, 0.6) is 0 Å². The molecular weight excluding hydrogens is 242 g/mol. The predicted molar refractivity (Wildman–Crippen MR) is 60.4 cm³/mol. The van der Waals surface area contributed by atoms with Gasteiger partial charge in [-0.1, -0.05) is 19.3 Å². The average molecular weight is 256 g/mol. The van der Waals surface area contributed by atoms with Crippen molar-refractivity contribution < 1.29 is 0 Å². The minimum absolute atomic E-state index is 0.0897. The van der Waals surface area contributed by atoms with E-state index in [1.807, 2.05) is 12.3 Å². The summed E-state index contributed by atoms with van der Waals surface area (Å²) in [5.74, 6) is 0.862. The largest absolute Gasteiger partial charge is 0.315 e. The number of nitrogens with zero attached hydrogens (tertiary/aromatic N) is 1. The first-order chi connectivity index (χ1) is 6.77. The van der Waals surface area contributed by atoms with Gasteiger partial charge in [0.25, 0.3) is 5.56 Å². The van der Waals surface area contributed by atoms with E-state index in [2.05, 4.69) is 15.9 Å². The van der Waals surface area contributed by atoms with Gasteiger partial charge in [-0.15, -0.1) is 0 Å². The van der Waals surface area contributed by atoms with Gasteiger partial charge in [-0.05, 0) is 40.4 Å². The number of hydrogen-bond donors (Lipinski definition) is 0. The molecule has 0 amide bonds. The summed E-state index contributed by atoms with van der Waals surface area (Å²) in [6.07, 6.45) is 7.09. The molecule has 76 valence electrons. The number of rotatable bonds is 3. The zero-order valence-corrected chi connectivity index (χ0v) is 9.66. The summed E-state index contributed by atoms with van der Waals surface area (Å²) in [6, 6.07) is 3.70. The first-order valence-electron chi connectivity index (χ1n) is 5.12. The molecule has 0 saturated heterocycles. The monoisotopic (exact) mass is 255 g/mol. The van der Waals surface area contributed by atoms with Crippen LogP contribution in [-0.2, 0) is 6.54 Å². The Morgan fingerprint density at radius 3 is 2.93 bits per heavy atom. The Labute approximate surface area is 92.1 Å². The molecule has 1 saturated carbocycles. The Kier molecular flexibility index (Phi) is 3.06. The summed E-state index contributed by atoms with van der Waals surface area (Å²) < 4.78 is 2.45. The van der Waals surface area contributed by atoms with E-state index in [-0.39, 0.29) is 5.56 Å². The first-order valence-corrected chi connectivity index (χ1v) is 5.91. The Hall–Kier alpha value is -0.570. The molecule has 0 spiro atoms. The van der Waals surface area contributed by atoms with Crippen molar-refractivity contribution in [2.24, 2.45) is 5.92 Å². The Morgan fingerprint density at radius 2 is 2.29 bits per heavy atom. The molecule has 1 heterocycles. The van der Waals surface area contributed by atoms with Crippen molar-refractivity contribution in [2.45, 2.75) is 32.2 Å². The number of aryl methyl sites for hydroxylation is 1. The third-order valence-corrected chi connectivity index (χ3v) is 3.58. The molecule has 0 unspecified atom stereocenters. The van der Waals surface area contributed by atoms with E-state index >= 15 is 0 Å². The van der Waals surface area contributed by atoms with Gasteiger partial charge in [0.15, 0.2) is 0 Å². The lowest BCUT2D eigenvalue weighted by atomic mass is 9.83.